The number of hydrogen-bond acceptors (Lipinski definition) is 4. The average Bonchev–Trinajstić information content (AvgIpc) is 2.89. The van der Waals surface area contributed by atoms with Gasteiger partial charge in [-0.15, -0.1) is 0 Å². The number of nitrogens with one attached hydrogen (secondary N) is 2. The lowest BCUT2D eigenvalue weighted by molar-refractivity contribution is -0.136. The maximum absolute atomic E-state index is 14.9. The van der Waals surface area contributed by atoms with Crippen molar-refractivity contribution in [2.45, 2.75) is 13.0 Å². The fraction of sp³-hybridized carbons (Fsp3) is 0.107. The third-order valence-corrected chi connectivity index (χ3v) is 6.43. The van der Waals surface area contributed by atoms with Gasteiger partial charge in [0, 0.05) is 36.1 Å². The van der Waals surface area contributed by atoms with Crippen LogP contribution in [-0.4, -0.2) is 28.5 Å². The van der Waals surface area contributed by atoms with Gasteiger partial charge in [0.15, 0.2) is 0 Å². The first-order valence-corrected chi connectivity index (χ1v) is 12.2. The number of benzene rings is 3. The summed E-state index contributed by atoms with van der Waals surface area (Å²) in [6, 6.07) is 17.0. The van der Waals surface area contributed by atoms with Crippen molar-refractivity contribution in [3.05, 3.63) is 106 Å². The summed E-state index contributed by atoms with van der Waals surface area (Å²) < 4.78 is 29.0. The van der Waals surface area contributed by atoms with E-state index in [4.69, 9.17) is 28.3 Å². The van der Waals surface area contributed by atoms with Gasteiger partial charge in [-0.3, -0.25) is 14.6 Å². The third-order valence-electron chi connectivity index (χ3n) is 5.69. The van der Waals surface area contributed by atoms with Crippen molar-refractivity contribution in [1.82, 2.24) is 10.3 Å². The molecule has 1 heterocycles. The van der Waals surface area contributed by atoms with Crippen molar-refractivity contribution in [2.24, 2.45) is 0 Å². The largest absolute Gasteiger partial charge is 0.481 e. The van der Waals surface area contributed by atoms with Crippen LogP contribution in [0.5, 0.6) is 0 Å². The minimum absolute atomic E-state index is 0.0215. The van der Waals surface area contributed by atoms with Gasteiger partial charge in [-0.2, -0.15) is 0 Å². The second kappa shape index (κ2) is 12.0. The zero-order valence-corrected chi connectivity index (χ0v) is 21.3. The number of anilines is 1. The lowest BCUT2D eigenvalue weighted by Gasteiger charge is -2.13. The molecule has 0 aliphatic heterocycles. The molecule has 0 saturated heterocycles. The zero-order chi connectivity index (χ0) is 27.2. The fourth-order valence-corrected chi connectivity index (χ4v) is 4.05. The van der Waals surface area contributed by atoms with Gasteiger partial charge in [-0.05, 0) is 65.2 Å². The first kappa shape index (κ1) is 27.0. The molecule has 6 nitrogen and oxygen atoms in total. The molecule has 0 saturated carbocycles. The first-order chi connectivity index (χ1) is 18.2. The molecule has 1 amide bonds. The number of carboxylic acids is 1. The molecule has 0 spiro atoms. The number of halogens is 4. The first-order valence-electron chi connectivity index (χ1n) is 11.4. The molecule has 0 bridgehead atoms. The standard InChI is InChI=1S/C28H21Cl2F2N3O3/c29-23-7-2-16(11-24(23)30)21-6-5-20(13-25(21)32)34-14-17-1-4-19(31)12-22(17)18-3-8-26(35-15-18)28(38)33-10-9-27(36)37/h1-8,11-13,15,34H,9-10,14H2,(H,33,38)(H,36,37). The maximum atomic E-state index is 14.9. The van der Waals surface area contributed by atoms with Crippen LogP contribution < -0.4 is 10.6 Å². The summed E-state index contributed by atoms with van der Waals surface area (Å²) in [7, 11) is 0. The van der Waals surface area contributed by atoms with Gasteiger partial charge in [-0.1, -0.05) is 41.4 Å². The van der Waals surface area contributed by atoms with Crippen LogP contribution >= 0.6 is 23.2 Å². The molecule has 0 aliphatic carbocycles. The highest BCUT2D eigenvalue weighted by atomic mass is 35.5. The van der Waals surface area contributed by atoms with Crippen LogP contribution in [0.4, 0.5) is 14.5 Å². The Hall–Kier alpha value is -4.01. The predicted octanol–water partition coefficient (Wildman–Crippen LogP) is 6.82. The minimum Gasteiger partial charge on any atom is -0.481 e. The molecule has 10 heteroatoms. The Morgan fingerprint density at radius 2 is 1.66 bits per heavy atom. The summed E-state index contributed by atoms with van der Waals surface area (Å²) in [5, 5.41) is 15.0. The third kappa shape index (κ3) is 6.65. The number of aliphatic carboxylic acids is 1. The monoisotopic (exact) mass is 555 g/mol. The molecule has 0 aliphatic rings. The maximum Gasteiger partial charge on any atom is 0.305 e. The second-order valence-electron chi connectivity index (χ2n) is 8.31. The normalized spacial score (nSPS) is 10.7. The molecule has 1 aromatic heterocycles. The number of nitrogens with zero attached hydrogens (tertiary/aromatic N) is 1. The Balaban J connectivity index is 1.49. The number of rotatable bonds is 9. The van der Waals surface area contributed by atoms with Gasteiger partial charge in [0.25, 0.3) is 5.91 Å². The molecule has 0 unspecified atom stereocenters. The zero-order valence-electron chi connectivity index (χ0n) is 19.8. The van der Waals surface area contributed by atoms with Gasteiger partial charge in [0.2, 0.25) is 0 Å². The van der Waals surface area contributed by atoms with Gasteiger partial charge in [0.1, 0.15) is 17.3 Å². The van der Waals surface area contributed by atoms with Gasteiger partial charge >= 0.3 is 5.97 Å². The molecule has 3 aromatic carbocycles. The van der Waals surface area contributed by atoms with Crippen molar-refractivity contribution in [1.29, 1.82) is 0 Å². The minimum atomic E-state index is -1.02. The number of amides is 1. The van der Waals surface area contributed by atoms with Gasteiger partial charge < -0.3 is 15.7 Å². The molecule has 4 aromatic rings. The number of carbonyl (C=O) groups excluding carboxylic acids is 1. The van der Waals surface area contributed by atoms with Gasteiger partial charge in [0.05, 0.1) is 16.5 Å². The highest BCUT2D eigenvalue weighted by Crippen LogP contribution is 2.31. The van der Waals surface area contributed by atoms with Crippen LogP contribution in [0.2, 0.25) is 10.0 Å². The van der Waals surface area contributed by atoms with E-state index in [9.17, 15) is 18.4 Å². The summed E-state index contributed by atoms with van der Waals surface area (Å²) in [6.45, 7) is 0.241. The van der Waals surface area contributed by atoms with E-state index in [-0.39, 0.29) is 25.2 Å². The molecular formula is C28H21Cl2F2N3O3. The van der Waals surface area contributed by atoms with Crippen molar-refractivity contribution in [2.75, 3.05) is 11.9 Å². The molecule has 38 heavy (non-hydrogen) atoms. The van der Waals surface area contributed by atoms with Crippen LogP contribution in [-0.2, 0) is 11.3 Å². The lowest BCUT2D eigenvalue weighted by atomic mass is 10.00. The molecule has 0 fully saturated rings. The molecule has 4 rings (SSSR count). The second-order valence-corrected chi connectivity index (χ2v) is 9.12. The Bertz CT molecular complexity index is 1500. The van der Waals surface area contributed by atoms with Crippen molar-refractivity contribution < 1.29 is 23.5 Å². The number of carboxylic acid groups (broad SMARTS) is 1. The molecule has 3 N–H and O–H groups in total. The van der Waals surface area contributed by atoms with Crippen LogP contribution in [0.15, 0.2) is 72.9 Å². The van der Waals surface area contributed by atoms with E-state index < -0.39 is 23.5 Å². The average molecular weight is 556 g/mol. The molecular weight excluding hydrogens is 535 g/mol. The van der Waals surface area contributed by atoms with E-state index in [0.29, 0.717) is 38.0 Å². The lowest BCUT2D eigenvalue weighted by Crippen LogP contribution is -2.26. The molecule has 0 atom stereocenters. The van der Waals surface area contributed by atoms with E-state index >= 15 is 0 Å². The predicted molar refractivity (Wildman–Crippen MR) is 143 cm³/mol. The highest BCUT2D eigenvalue weighted by Gasteiger charge is 2.13. The van der Waals surface area contributed by atoms with Crippen molar-refractivity contribution >= 4 is 40.8 Å². The summed E-state index contributed by atoms with van der Waals surface area (Å²) >= 11 is 12.0. The van der Waals surface area contributed by atoms with Crippen LogP contribution in [0.25, 0.3) is 22.3 Å². The number of hydrogen-bond donors (Lipinski definition) is 3. The van der Waals surface area contributed by atoms with Crippen molar-refractivity contribution in [3.63, 3.8) is 0 Å². The topological polar surface area (TPSA) is 91.3 Å². The van der Waals surface area contributed by atoms with Crippen LogP contribution in [0.3, 0.4) is 0 Å². The Labute approximate surface area is 227 Å². The van der Waals surface area contributed by atoms with E-state index in [1.54, 1.807) is 42.5 Å². The van der Waals surface area contributed by atoms with Gasteiger partial charge in [-0.25, -0.2) is 8.78 Å². The Morgan fingerprint density at radius 1 is 0.868 bits per heavy atom. The fourth-order valence-electron chi connectivity index (χ4n) is 3.75. The smallest absolute Gasteiger partial charge is 0.305 e. The summed E-state index contributed by atoms with van der Waals surface area (Å²) in [6.07, 6.45) is 1.24. The van der Waals surface area contributed by atoms with Crippen LogP contribution in [0, 0.1) is 11.6 Å². The van der Waals surface area contributed by atoms with E-state index in [0.717, 1.165) is 5.56 Å². The van der Waals surface area contributed by atoms with Crippen LogP contribution in [0.1, 0.15) is 22.5 Å². The summed E-state index contributed by atoms with van der Waals surface area (Å²) in [5.74, 6) is -2.43. The summed E-state index contributed by atoms with van der Waals surface area (Å²) in [4.78, 5) is 26.9. The highest BCUT2D eigenvalue weighted by molar-refractivity contribution is 6.42. The van der Waals surface area contributed by atoms with Crippen molar-refractivity contribution in [3.8, 4) is 22.3 Å². The van der Waals surface area contributed by atoms with E-state index in [2.05, 4.69) is 15.6 Å². The Kier molecular flexibility index (Phi) is 8.55. The number of pyridine rings is 1. The molecule has 0 radical (unpaired) electrons. The quantitative estimate of drug-likeness (QED) is 0.211. The number of aromatic nitrogens is 1. The Morgan fingerprint density at radius 3 is 2.34 bits per heavy atom. The SMILES string of the molecule is O=C(O)CCNC(=O)c1ccc(-c2cc(F)ccc2CNc2ccc(-c3ccc(Cl)c(Cl)c3)c(F)c2)cn1. The van der Waals surface area contributed by atoms with E-state index in [1.807, 2.05) is 0 Å². The number of carbonyl (C=O) groups is 2. The summed E-state index contributed by atoms with van der Waals surface area (Å²) in [5.41, 5.74) is 3.44. The molecule has 194 valence electrons. The van der Waals surface area contributed by atoms with E-state index in [1.165, 1.54) is 30.5 Å².